The smallest absolute Gasteiger partial charge is 0.252 e. The van der Waals surface area contributed by atoms with Gasteiger partial charge in [0.2, 0.25) is 0 Å². The maximum Gasteiger partial charge on any atom is 0.252 e. The van der Waals surface area contributed by atoms with E-state index < -0.39 is 0 Å². The number of nitrogens with zero attached hydrogens (tertiary/aromatic N) is 1. The first-order valence-corrected chi connectivity index (χ1v) is 5.75. The number of nitrogens with one attached hydrogen (secondary N) is 2. The van der Waals surface area contributed by atoms with Gasteiger partial charge in [0.15, 0.2) is 0 Å². The maximum absolute atomic E-state index is 11.0. The van der Waals surface area contributed by atoms with Gasteiger partial charge in [-0.2, -0.15) is 0 Å². The largest absolute Gasteiger partial charge is 0.378 e. The van der Waals surface area contributed by atoms with E-state index in [0.717, 1.165) is 26.0 Å². The fourth-order valence-corrected chi connectivity index (χ4v) is 1.86. The molecule has 2 heterocycles. The number of anilines is 1. The predicted molar refractivity (Wildman–Crippen MR) is 61.6 cm³/mol. The quantitative estimate of drug-likeness (QED) is 0.803. The molecule has 1 aromatic heterocycles. The van der Waals surface area contributed by atoms with Crippen molar-refractivity contribution in [1.82, 2.24) is 9.97 Å². The van der Waals surface area contributed by atoms with Crippen molar-refractivity contribution in [3.05, 3.63) is 22.7 Å². The molecule has 0 saturated carbocycles. The molecule has 0 bridgehead atoms. The minimum atomic E-state index is -0.133. The molecular weight excluding hydrogens is 206 g/mol. The third-order valence-electron chi connectivity index (χ3n) is 2.72. The molecule has 5 heteroatoms. The topological polar surface area (TPSA) is 67.0 Å². The molecule has 1 saturated heterocycles. The molecule has 0 spiro atoms. The lowest BCUT2D eigenvalue weighted by Gasteiger charge is -2.22. The lowest BCUT2D eigenvalue weighted by Crippen LogP contribution is -2.22. The van der Waals surface area contributed by atoms with Gasteiger partial charge in [-0.25, -0.2) is 4.98 Å². The molecule has 1 fully saturated rings. The van der Waals surface area contributed by atoms with Crippen molar-refractivity contribution in [2.75, 3.05) is 18.5 Å². The minimum absolute atomic E-state index is 0.133. The molecule has 1 aliphatic heterocycles. The average molecular weight is 223 g/mol. The summed E-state index contributed by atoms with van der Waals surface area (Å²) in [6.07, 6.45) is 6.32. The Morgan fingerprint density at radius 3 is 3.25 bits per heavy atom. The Balaban J connectivity index is 1.73. The number of hydrogen-bond donors (Lipinski definition) is 2. The van der Waals surface area contributed by atoms with Crippen molar-refractivity contribution in [1.29, 1.82) is 0 Å². The molecule has 16 heavy (non-hydrogen) atoms. The number of H-pyrrole nitrogens is 1. The van der Waals surface area contributed by atoms with Crippen molar-refractivity contribution < 1.29 is 4.74 Å². The molecule has 2 N–H and O–H groups in total. The van der Waals surface area contributed by atoms with Gasteiger partial charge in [0.05, 0.1) is 12.4 Å². The highest BCUT2D eigenvalue weighted by Gasteiger charge is 2.12. The third kappa shape index (κ3) is 3.34. The second-order valence-corrected chi connectivity index (χ2v) is 4.00. The molecule has 0 amide bonds. The molecule has 1 aliphatic rings. The van der Waals surface area contributed by atoms with E-state index in [9.17, 15) is 4.79 Å². The number of aromatic amines is 1. The predicted octanol–water partition coefficient (Wildman–Crippen LogP) is 1.14. The fraction of sp³-hybridized carbons (Fsp3) is 0.636. The molecule has 5 nitrogen and oxygen atoms in total. The van der Waals surface area contributed by atoms with E-state index in [1.54, 1.807) is 0 Å². The Morgan fingerprint density at radius 1 is 1.56 bits per heavy atom. The summed E-state index contributed by atoms with van der Waals surface area (Å²) in [5.74, 6) is 0.625. The zero-order valence-corrected chi connectivity index (χ0v) is 9.24. The molecule has 0 aromatic carbocycles. The monoisotopic (exact) mass is 223 g/mol. The van der Waals surface area contributed by atoms with Crippen molar-refractivity contribution in [2.24, 2.45) is 0 Å². The minimum Gasteiger partial charge on any atom is -0.378 e. The lowest BCUT2D eigenvalue weighted by atomic mass is 10.1. The van der Waals surface area contributed by atoms with Crippen LogP contribution in [0.25, 0.3) is 0 Å². The molecule has 1 atom stereocenters. The second kappa shape index (κ2) is 5.65. The summed E-state index contributed by atoms with van der Waals surface area (Å²) in [6, 6.07) is 1.46. The summed E-state index contributed by atoms with van der Waals surface area (Å²) >= 11 is 0. The average Bonchev–Trinajstić information content (AvgIpc) is 2.30. The molecule has 2 rings (SSSR count). The van der Waals surface area contributed by atoms with Crippen molar-refractivity contribution in [3.8, 4) is 0 Å². The van der Waals surface area contributed by atoms with Gasteiger partial charge < -0.3 is 15.0 Å². The zero-order chi connectivity index (χ0) is 11.2. The standard InChI is InChI=1S/C11H17N3O2/c15-11-7-10(13-8-14-11)12-5-4-9-3-1-2-6-16-9/h7-9H,1-6H2,(H2,12,13,14,15). The first kappa shape index (κ1) is 11.1. The highest BCUT2D eigenvalue weighted by Crippen LogP contribution is 2.15. The van der Waals surface area contributed by atoms with Gasteiger partial charge in [-0.05, 0) is 25.7 Å². The van der Waals surface area contributed by atoms with E-state index in [4.69, 9.17) is 4.74 Å². The molecule has 1 unspecified atom stereocenters. The van der Waals surface area contributed by atoms with Crippen LogP contribution in [-0.2, 0) is 4.74 Å². The van der Waals surface area contributed by atoms with Crippen molar-refractivity contribution in [2.45, 2.75) is 31.8 Å². The van der Waals surface area contributed by atoms with Gasteiger partial charge in [-0.1, -0.05) is 0 Å². The van der Waals surface area contributed by atoms with Crippen molar-refractivity contribution >= 4 is 5.82 Å². The summed E-state index contributed by atoms with van der Waals surface area (Å²) in [5.41, 5.74) is -0.133. The van der Waals surface area contributed by atoms with Crippen LogP contribution in [0.4, 0.5) is 5.82 Å². The number of ether oxygens (including phenoxy) is 1. The first-order valence-electron chi connectivity index (χ1n) is 5.75. The van der Waals surface area contributed by atoms with E-state index in [0.29, 0.717) is 11.9 Å². The van der Waals surface area contributed by atoms with Crippen LogP contribution in [0.3, 0.4) is 0 Å². The number of hydrogen-bond acceptors (Lipinski definition) is 4. The Bertz CT molecular complexity index is 371. The van der Waals surface area contributed by atoms with Crippen LogP contribution >= 0.6 is 0 Å². The first-order chi connectivity index (χ1) is 7.84. The fourth-order valence-electron chi connectivity index (χ4n) is 1.86. The van der Waals surface area contributed by atoms with E-state index >= 15 is 0 Å². The molecular formula is C11H17N3O2. The van der Waals surface area contributed by atoms with E-state index in [1.807, 2.05) is 0 Å². The van der Waals surface area contributed by atoms with Gasteiger partial charge in [-0.15, -0.1) is 0 Å². The highest BCUT2D eigenvalue weighted by atomic mass is 16.5. The van der Waals surface area contributed by atoms with Crippen LogP contribution < -0.4 is 10.9 Å². The van der Waals surface area contributed by atoms with Crippen LogP contribution in [0, 0.1) is 0 Å². The van der Waals surface area contributed by atoms with Crippen LogP contribution in [0.15, 0.2) is 17.2 Å². The summed E-state index contributed by atoms with van der Waals surface area (Å²) in [6.45, 7) is 1.68. The SMILES string of the molecule is O=c1cc(NCCC2CCCCO2)nc[nH]1. The van der Waals surface area contributed by atoms with Gasteiger partial charge in [0, 0.05) is 19.2 Å². The highest BCUT2D eigenvalue weighted by molar-refractivity contribution is 5.31. The Labute approximate surface area is 94.2 Å². The van der Waals surface area contributed by atoms with Crippen LogP contribution in [0.5, 0.6) is 0 Å². The van der Waals surface area contributed by atoms with E-state index in [1.165, 1.54) is 25.2 Å². The maximum atomic E-state index is 11.0. The van der Waals surface area contributed by atoms with Gasteiger partial charge in [-0.3, -0.25) is 4.79 Å². The normalized spacial score (nSPS) is 20.6. The van der Waals surface area contributed by atoms with Gasteiger partial charge in [0.25, 0.3) is 5.56 Å². The molecule has 0 radical (unpaired) electrons. The molecule has 88 valence electrons. The Morgan fingerprint density at radius 2 is 2.50 bits per heavy atom. The van der Waals surface area contributed by atoms with Crippen molar-refractivity contribution in [3.63, 3.8) is 0 Å². The summed E-state index contributed by atoms with van der Waals surface area (Å²) in [5, 5.41) is 3.12. The Kier molecular flexibility index (Phi) is 3.93. The summed E-state index contributed by atoms with van der Waals surface area (Å²) in [7, 11) is 0. The van der Waals surface area contributed by atoms with Crippen LogP contribution in [0.1, 0.15) is 25.7 Å². The number of aromatic nitrogens is 2. The summed E-state index contributed by atoms with van der Waals surface area (Å²) < 4.78 is 5.61. The summed E-state index contributed by atoms with van der Waals surface area (Å²) in [4.78, 5) is 17.5. The zero-order valence-electron chi connectivity index (χ0n) is 9.24. The number of rotatable bonds is 4. The van der Waals surface area contributed by atoms with E-state index in [-0.39, 0.29) is 5.56 Å². The third-order valence-corrected chi connectivity index (χ3v) is 2.72. The Hall–Kier alpha value is -1.36. The van der Waals surface area contributed by atoms with Crippen LogP contribution in [-0.4, -0.2) is 29.2 Å². The van der Waals surface area contributed by atoms with E-state index in [2.05, 4.69) is 15.3 Å². The molecule has 1 aromatic rings. The molecule has 0 aliphatic carbocycles. The van der Waals surface area contributed by atoms with Gasteiger partial charge >= 0.3 is 0 Å². The second-order valence-electron chi connectivity index (χ2n) is 4.00. The lowest BCUT2D eigenvalue weighted by molar-refractivity contribution is 0.0134. The van der Waals surface area contributed by atoms with Gasteiger partial charge in [0.1, 0.15) is 5.82 Å². The van der Waals surface area contributed by atoms with Crippen LogP contribution in [0.2, 0.25) is 0 Å².